The van der Waals surface area contributed by atoms with Crippen LogP contribution < -0.4 is 0 Å². The molecule has 3 N–H and O–H groups in total. The second kappa shape index (κ2) is 7.22. The summed E-state index contributed by atoms with van der Waals surface area (Å²) in [5.41, 5.74) is 0.562. The van der Waals surface area contributed by atoms with Crippen LogP contribution in [0.1, 0.15) is 91.9 Å². The Morgan fingerprint density at radius 3 is 2.38 bits per heavy atom. The Bertz CT molecular complexity index is 649. The monoisotopic (exact) mass is 406 g/mol. The molecule has 0 aliphatic heterocycles. The molecule has 4 fully saturated rings. The molecule has 0 aromatic heterocycles. The molecule has 0 radical (unpaired) electrons. The van der Waals surface area contributed by atoms with Gasteiger partial charge in [-0.25, -0.2) is 0 Å². The van der Waals surface area contributed by atoms with Gasteiger partial charge in [0.05, 0.1) is 12.2 Å². The molecule has 4 rings (SSSR count). The fraction of sp³-hybridized carbons (Fsp3) is 0.960. The van der Waals surface area contributed by atoms with Gasteiger partial charge in [0.1, 0.15) is 0 Å². The molecule has 2 unspecified atom stereocenters. The van der Waals surface area contributed by atoms with Crippen molar-refractivity contribution in [1.29, 1.82) is 0 Å². The zero-order chi connectivity index (χ0) is 21.2. The van der Waals surface area contributed by atoms with Gasteiger partial charge in [-0.15, -0.1) is 0 Å². The second-order valence-corrected chi connectivity index (χ2v) is 12.0. The van der Waals surface area contributed by atoms with Gasteiger partial charge in [-0.2, -0.15) is 0 Å². The lowest BCUT2D eigenvalue weighted by molar-refractivity contribution is -0.206. The van der Waals surface area contributed by atoms with Crippen LogP contribution in [0.2, 0.25) is 0 Å². The van der Waals surface area contributed by atoms with Crippen LogP contribution in [-0.4, -0.2) is 33.5 Å². The Labute approximate surface area is 176 Å². The molecular formula is C25H42O4. The van der Waals surface area contributed by atoms with Gasteiger partial charge in [-0.3, -0.25) is 4.79 Å². The third-order valence-electron chi connectivity index (χ3n) is 11.0. The normalized spacial score (nSPS) is 52.9. The largest absolute Gasteiger partial charge is 0.481 e. The van der Waals surface area contributed by atoms with E-state index >= 15 is 0 Å². The fourth-order valence-electron chi connectivity index (χ4n) is 9.17. The minimum atomic E-state index is -0.687. The van der Waals surface area contributed by atoms with Gasteiger partial charge < -0.3 is 15.3 Å². The molecular weight excluding hydrogens is 364 g/mol. The Morgan fingerprint density at radius 1 is 1.00 bits per heavy atom. The first-order chi connectivity index (χ1) is 13.5. The van der Waals surface area contributed by atoms with Crippen molar-refractivity contribution >= 4 is 5.97 Å². The van der Waals surface area contributed by atoms with Crippen molar-refractivity contribution in [2.45, 2.75) is 104 Å². The summed E-state index contributed by atoms with van der Waals surface area (Å²) in [6.07, 6.45) is 9.00. The first kappa shape index (κ1) is 21.6. The number of aliphatic carboxylic acids is 1. The molecule has 0 spiro atoms. The standard InChI is InChI=1S/C25H42O4/c1-15(5-6-21(28)29)18-8-12-25(4)22-19(9-11-24(18,25)3)23(2)10-7-17(26)13-16(23)14-20(22)27/h15-20,22,26-27H,5-14H2,1-4H3,(H,28,29)/t15?,16-,17+,18+,19-,20+,22?,23-,24+,25-/m0/s1. The average molecular weight is 407 g/mol. The summed E-state index contributed by atoms with van der Waals surface area (Å²) in [5.74, 6) is 1.63. The van der Waals surface area contributed by atoms with Gasteiger partial charge in [0, 0.05) is 6.42 Å². The van der Waals surface area contributed by atoms with E-state index in [9.17, 15) is 15.0 Å². The van der Waals surface area contributed by atoms with Crippen molar-refractivity contribution in [1.82, 2.24) is 0 Å². The number of hydrogen-bond donors (Lipinski definition) is 3. The van der Waals surface area contributed by atoms with Gasteiger partial charge in [0.2, 0.25) is 0 Å². The number of fused-ring (bicyclic) bond motifs is 5. The lowest BCUT2D eigenvalue weighted by Gasteiger charge is -2.66. The molecule has 0 saturated heterocycles. The maximum absolute atomic E-state index is 11.4. The van der Waals surface area contributed by atoms with E-state index in [1.807, 2.05) is 0 Å². The van der Waals surface area contributed by atoms with Crippen LogP contribution in [-0.2, 0) is 4.79 Å². The highest BCUT2D eigenvalue weighted by Crippen LogP contribution is 2.73. The molecule has 4 saturated carbocycles. The van der Waals surface area contributed by atoms with Crippen LogP contribution in [0.15, 0.2) is 0 Å². The maximum atomic E-state index is 11.4. The smallest absolute Gasteiger partial charge is 0.303 e. The van der Waals surface area contributed by atoms with Crippen LogP contribution in [0.25, 0.3) is 0 Å². The molecule has 0 aromatic rings. The molecule has 4 aliphatic rings. The minimum Gasteiger partial charge on any atom is -0.481 e. The van der Waals surface area contributed by atoms with E-state index < -0.39 is 5.97 Å². The summed E-state index contributed by atoms with van der Waals surface area (Å²) in [7, 11) is 0. The number of rotatable bonds is 4. The number of carbonyl (C=O) groups is 1. The van der Waals surface area contributed by atoms with Crippen LogP contribution in [0.3, 0.4) is 0 Å². The first-order valence-electron chi connectivity index (χ1n) is 12.1. The van der Waals surface area contributed by atoms with Crippen LogP contribution in [0, 0.1) is 45.8 Å². The summed E-state index contributed by atoms with van der Waals surface area (Å²) >= 11 is 0. The zero-order valence-electron chi connectivity index (χ0n) is 18.9. The van der Waals surface area contributed by atoms with Crippen molar-refractivity contribution in [2.75, 3.05) is 0 Å². The predicted octanol–water partition coefficient (Wildman–Crippen LogP) is 4.87. The van der Waals surface area contributed by atoms with Gasteiger partial charge in [-0.1, -0.05) is 27.7 Å². The highest BCUT2D eigenvalue weighted by atomic mass is 16.4. The quantitative estimate of drug-likeness (QED) is 0.622. The molecule has 4 nitrogen and oxygen atoms in total. The first-order valence-corrected chi connectivity index (χ1v) is 12.1. The second-order valence-electron chi connectivity index (χ2n) is 12.0. The van der Waals surface area contributed by atoms with E-state index in [1.165, 1.54) is 19.3 Å². The van der Waals surface area contributed by atoms with Gasteiger partial charge in [-0.05, 0) is 104 Å². The molecule has 29 heavy (non-hydrogen) atoms. The highest BCUT2D eigenvalue weighted by molar-refractivity contribution is 5.66. The van der Waals surface area contributed by atoms with Crippen molar-refractivity contribution in [3.63, 3.8) is 0 Å². The predicted molar refractivity (Wildman–Crippen MR) is 113 cm³/mol. The Kier molecular flexibility index (Phi) is 5.38. The van der Waals surface area contributed by atoms with Gasteiger partial charge in [0.25, 0.3) is 0 Å². The average Bonchev–Trinajstić information content (AvgIpc) is 2.92. The number of carboxylic acids is 1. The van der Waals surface area contributed by atoms with Crippen molar-refractivity contribution in [3.8, 4) is 0 Å². The molecule has 166 valence electrons. The van der Waals surface area contributed by atoms with Gasteiger partial charge >= 0.3 is 5.97 Å². The van der Waals surface area contributed by atoms with Crippen molar-refractivity contribution in [3.05, 3.63) is 0 Å². The summed E-state index contributed by atoms with van der Waals surface area (Å²) in [5, 5.41) is 30.8. The summed E-state index contributed by atoms with van der Waals surface area (Å²) in [6, 6.07) is 0. The fourth-order valence-corrected chi connectivity index (χ4v) is 9.17. The lowest BCUT2D eigenvalue weighted by atomic mass is 9.39. The van der Waals surface area contributed by atoms with Crippen LogP contribution in [0.4, 0.5) is 0 Å². The molecule has 0 bridgehead atoms. The van der Waals surface area contributed by atoms with E-state index in [0.29, 0.717) is 29.6 Å². The lowest BCUT2D eigenvalue weighted by Crippen LogP contribution is -2.62. The Morgan fingerprint density at radius 2 is 1.69 bits per heavy atom. The Balaban J connectivity index is 1.62. The van der Waals surface area contributed by atoms with Gasteiger partial charge in [0.15, 0.2) is 0 Å². The number of aliphatic hydroxyl groups excluding tert-OH is 2. The molecule has 4 aliphatic carbocycles. The number of hydrogen-bond acceptors (Lipinski definition) is 3. The third-order valence-corrected chi connectivity index (χ3v) is 11.0. The SMILES string of the molecule is CC(CCC(=O)O)[C@H]1CC[C@@]2(C)C3[C@H](O)C[C@@H]4C[C@H](O)CC[C@]4(C)[C@H]3CC[C@]12C. The van der Waals surface area contributed by atoms with Crippen molar-refractivity contribution in [2.24, 2.45) is 45.8 Å². The topological polar surface area (TPSA) is 77.8 Å². The van der Waals surface area contributed by atoms with E-state index in [-0.39, 0.29) is 34.9 Å². The Hall–Kier alpha value is -0.610. The molecule has 0 aromatic carbocycles. The molecule has 4 heteroatoms. The molecule has 10 atom stereocenters. The van der Waals surface area contributed by atoms with E-state index in [4.69, 9.17) is 5.11 Å². The van der Waals surface area contributed by atoms with E-state index in [1.54, 1.807) is 0 Å². The summed E-state index contributed by atoms with van der Waals surface area (Å²) in [6.45, 7) is 9.64. The highest BCUT2D eigenvalue weighted by Gasteiger charge is 2.67. The summed E-state index contributed by atoms with van der Waals surface area (Å²) < 4.78 is 0. The van der Waals surface area contributed by atoms with Crippen LogP contribution in [0.5, 0.6) is 0 Å². The molecule has 0 amide bonds. The minimum absolute atomic E-state index is 0.127. The number of aliphatic hydroxyl groups is 2. The zero-order valence-corrected chi connectivity index (χ0v) is 18.9. The summed E-state index contributed by atoms with van der Waals surface area (Å²) in [4.78, 5) is 11.1. The van der Waals surface area contributed by atoms with Crippen LogP contribution >= 0.6 is 0 Å². The third kappa shape index (κ3) is 3.11. The molecule has 0 heterocycles. The number of carboxylic acid groups (broad SMARTS) is 1. The maximum Gasteiger partial charge on any atom is 0.303 e. The van der Waals surface area contributed by atoms with Crippen molar-refractivity contribution < 1.29 is 20.1 Å². The van der Waals surface area contributed by atoms with E-state index in [0.717, 1.165) is 38.5 Å². The van der Waals surface area contributed by atoms with E-state index in [2.05, 4.69) is 27.7 Å².